The van der Waals surface area contributed by atoms with Crippen LogP contribution in [0.25, 0.3) is 0 Å². The molecular formula is C18H31NO3. The van der Waals surface area contributed by atoms with E-state index >= 15 is 0 Å². The molecule has 0 aromatic rings. The average Bonchev–Trinajstić information content (AvgIpc) is 2.83. The molecule has 0 aromatic heterocycles. The molecule has 4 heteroatoms. The Kier molecular flexibility index (Phi) is 4.28. The van der Waals surface area contributed by atoms with Gasteiger partial charge in [0.1, 0.15) is 6.10 Å². The summed E-state index contributed by atoms with van der Waals surface area (Å²) in [5, 5.41) is 14.0. The first-order valence-electron chi connectivity index (χ1n) is 8.95. The van der Waals surface area contributed by atoms with E-state index in [1.807, 2.05) is 0 Å². The second-order valence-electron chi connectivity index (χ2n) is 8.43. The van der Waals surface area contributed by atoms with Crippen LogP contribution in [-0.4, -0.2) is 35.9 Å². The molecular weight excluding hydrogens is 278 g/mol. The number of aliphatic hydroxyl groups is 1. The minimum Gasteiger partial charge on any atom is -0.462 e. The maximum absolute atomic E-state index is 12.3. The lowest BCUT2D eigenvalue weighted by Crippen LogP contribution is -2.39. The van der Waals surface area contributed by atoms with Gasteiger partial charge in [0.15, 0.2) is 0 Å². The van der Waals surface area contributed by atoms with Gasteiger partial charge in [-0.15, -0.1) is 0 Å². The van der Waals surface area contributed by atoms with Crippen LogP contribution in [0.15, 0.2) is 0 Å². The maximum atomic E-state index is 12.3. The van der Waals surface area contributed by atoms with Gasteiger partial charge in [0, 0.05) is 18.5 Å². The number of esters is 1. The molecule has 0 radical (unpaired) electrons. The largest absolute Gasteiger partial charge is 0.462 e. The zero-order valence-corrected chi connectivity index (χ0v) is 14.3. The van der Waals surface area contributed by atoms with Crippen LogP contribution in [0.5, 0.6) is 0 Å². The van der Waals surface area contributed by atoms with E-state index in [1.165, 1.54) is 0 Å². The normalized spacial score (nSPS) is 48.0. The number of hydrogen-bond donors (Lipinski definition) is 2. The fraction of sp³-hybridized carbons (Fsp3) is 0.944. The summed E-state index contributed by atoms with van der Waals surface area (Å²) in [5.74, 6) is 1.24. The molecule has 0 bridgehead atoms. The summed E-state index contributed by atoms with van der Waals surface area (Å²) >= 11 is 0. The lowest BCUT2D eigenvalue weighted by molar-refractivity contribution is -0.144. The summed E-state index contributed by atoms with van der Waals surface area (Å²) in [4.78, 5) is 12.3. The van der Waals surface area contributed by atoms with E-state index in [0.29, 0.717) is 24.4 Å². The van der Waals surface area contributed by atoms with Crippen molar-refractivity contribution in [1.82, 2.24) is 5.32 Å². The Hall–Kier alpha value is -0.610. The van der Waals surface area contributed by atoms with E-state index in [-0.39, 0.29) is 35.4 Å². The van der Waals surface area contributed by atoms with Crippen LogP contribution in [0.4, 0.5) is 0 Å². The van der Waals surface area contributed by atoms with Gasteiger partial charge in [-0.2, -0.15) is 0 Å². The van der Waals surface area contributed by atoms with Crippen molar-refractivity contribution in [3.63, 3.8) is 0 Å². The van der Waals surface area contributed by atoms with Crippen LogP contribution in [0.1, 0.15) is 53.4 Å². The molecule has 3 aliphatic rings. The fourth-order valence-corrected chi connectivity index (χ4v) is 5.36. The standard InChI is InChI=1S/C18H31NO3/c1-10(2)19-9-13-12-8-18(4)14(5-6-16(18)20)11(3)7-15(12)22-17(13)21/h10-16,19-20H,5-9H2,1-4H3/t11-,12-,13+,14+,15+,16+,18+/m1/s1. The van der Waals surface area contributed by atoms with Gasteiger partial charge in [0.2, 0.25) is 0 Å². The third-order valence-corrected chi connectivity index (χ3v) is 6.64. The predicted octanol–water partition coefficient (Wildman–Crippen LogP) is 2.35. The molecule has 2 N–H and O–H groups in total. The summed E-state index contributed by atoms with van der Waals surface area (Å²) in [6.45, 7) is 9.42. The lowest BCUT2D eigenvalue weighted by Gasteiger charge is -2.37. The minimum absolute atomic E-state index is 0.0371. The van der Waals surface area contributed by atoms with Crippen LogP contribution in [0.3, 0.4) is 0 Å². The van der Waals surface area contributed by atoms with Crippen molar-refractivity contribution in [2.45, 2.75) is 71.6 Å². The summed E-state index contributed by atoms with van der Waals surface area (Å²) in [6, 6.07) is 0.372. The van der Waals surface area contributed by atoms with Gasteiger partial charge in [0.25, 0.3) is 0 Å². The number of carbonyl (C=O) groups is 1. The Morgan fingerprint density at radius 1 is 1.41 bits per heavy atom. The molecule has 3 rings (SSSR count). The minimum atomic E-state index is -0.229. The van der Waals surface area contributed by atoms with E-state index in [4.69, 9.17) is 4.74 Å². The monoisotopic (exact) mass is 309 g/mol. The van der Waals surface area contributed by atoms with Crippen molar-refractivity contribution >= 4 is 5.97 Å². The highest BCUT2D eigenvalue weighted by Crippen LogP contribution is 2.57. The number of rotatable bonds is 3. The maximum Gasteiger partial charge on any atom is 0.310 e. The Morgan fingerprint density at radius 3 is 2.82 bits per heavy atom. The second-order valence-corrected chi connectivity index (χ2v) is 8.43. The van der Waals surface area contributed by atoms with Gasteiger partial charge in [0.05, 0.1) is 12.0 Å². The molecule has 126 valence electrons. The third kappa shape index (κ3) is 2.58. The molecule has 4 nitrogen and oxygen atoms in total. The Bertz CT molecular complexity index is 438. The molecule has 0 spiro atoms. The highest BCUT2D eigenvalue weighted by Gasteiger charge is 2.57. The van der Waals surface area contributed by atoms with Gasteiger partial charge >= 0.3 is 5.97 Å². The molecule has 1 aliphatic heterocycles. The zero-order chi connectivity index (χ0) is 16.1. The summed E-state index contributed by atoms with van der Waals surface area (Å²) < 4.78 is 5.75. The summed E-state index contributed by atoms with van der Waals surface area (Å²) in [6.07, 6.45) is 3.73. The van der Waals surface area contributed by atoms with Crippen LogP contribution in [0.2, 0.25) is 0 Å². The van der Waals surface area contributed by atoms with E-state index in [2.05, 4.69) is 33.0 Å². The van der Waals surface area contributed by atoms with Gasteiger partial charge in [-0.05, 0) is 42.9 Å². The van der Waals surface area contributed by atoms with E-state index < -0.39 is 0 Å². The average molecular weight is 309 g/mol. The molecule has 7 atom stereocenters. The third-order valence-electron chi connectivity index (χ3n) is 6.64. The molecule has 3 fully saturated rings. The number of carbonyl (C=O) groups excluding carboxylic acids is 1. The predicted molar refractivity (Wildman–Crippen MR) is 85.2 cm³/mol. The summed E-state index contributed by atoms with van der Waals surface area (Å²) in [7, 11) is 0. The number of fused-ring (bicyclic) bond motifs is 2. The Morgan fingerprint density at radius 2 is 2.14 bits per heavy atom. The molecule has 22 heavy (non-hydrogen) atoms. The number of nitrogens with one attached hydrogen (secondary N) is 1. The van der Waals surface area contributed by atoms with Crippen LogP contribution in [-0.2, 0) is 9.53 Å². The molecule has 0 amide bonds. The zero-order valence-electron chi connectivity index (χ0n) is 14.3. The molecule has 0 aromatic carbocycles. The number of hydrogen-bond acceptors (Lipinski definition) is 4. The topological polar surface area (TPSA) is 58.6 Å². The van der Waals surface area contributed by atoms with Gasteiger partial charge in [-0.25, -0.2) is 0 Å². The molecule has 1 heterocycles. The quantitative estimate of drug-likeness (QED) is 0.786. The SMILES string of the molecule is CC(C)NC[C@@H]1C(=O)O[C@H]2C[C@@H](C)[C@@H]3CC[C@H](O)[C@@]3(C)C[C@@H]21. The van der Waals surface area contributed by atoms with E-state index in [0.717, 1.165) is 25.7 Å². The van der Waals surface area contributed by atoms with Crippen molar-refractivity contribution in [1.29, 1.82) is 0 Å². The van der Waals surface area contributed by atoms with Gasteiger partial charge in [-0.1, -0.05) is 27.7 Å². The molecule has 2 aliphatic carbocycles. The molecule has 1 saturated heterocycles. The first-order chi connectivity index (χ1) is 10.3. The van der Waals surface area contributed by atoms with Crippen LogP contribution in [0, 0.1) is 29.1 Å². The van der Waals surface area contributed by atoms with Crippen LogP contribution < -0.4 is 5.32 Å². The van der Waals surface area contributed by atoms with E-state index in [9.17, 15) is 9.90 Å². The number of aliphatic hydroxyl groups excluding tert-OH is 1. The van der Waals surface area contributed by atoms with Crippen LogP contribution >= 0.6 is 0 Å². The molecule has 2 saturated carbocycles. The first-order valence-corrected chi connectivity index (χ1v) is 8.95. The van der Waals surface area contributed by atoms with Gasteiger partial charge in [-0.3, -0.25) is 4.79 Å². The van der Waals surface area contributed by atoms with Crippen molar-refractivity contribution < 1.29 is 14.6 Å². The van der Waals surface area contributed by atoms with Crippen molar-refractivity contribution in [3.05, 3.63) is 0 Å². The van der Waals surface area contributed by atoms with E-state index in [1.54, 1.807) is 0 Å². The summed E-state index contributed by atoms with van der Waals surface area (Å²) in [5.41, 5.74) is -0.0527. The van der Waals surface area contributed by atoms with Gasteiger partial charge < -0.3 is 15.2 Å². The Labute approximate surface area is 134 Å². The Balaban J connectivity index is 1.83. The van der Waals surface area contributed by atoms with Crippen molar-refractivity contribution in [2.24, 2.45) is 29.1 Å². The fourth-order valence-electron chi connectivity index (χ4n) is 5.36. The number of ether oxygens (including phenoxy) is 1. The first kappa shape index (κ1) is 16.3. The van der Waals surface area contributed by atoms with Crippen molar-refractivity contribution in [3.8, 4) is 0 Å². The highest BCUT2D eigenvalue weighted by atomic mass is 16.6. The van der Waals surface area contributed by atoms with Crippen molar-refractivity contribution in [2.75, 3.05) is 6.54 Å². The molecule has 0 unspecified atom stereocenters. The highest BCUT2D eigenvalue weighted by molar-refractivity contribution is 5.75. The lowest BCUT2D eigenvalue weighted by atomic mass is 9.68. The smallest absolute Gasteiger partial charge is 0.310 e. The second kappa shape index (κ2) is 5.79.